The van der Waals surface area contributed by atoms with Crippen molar-refractivity contribution in [2.45, 2.75) is 116 Å². The predicted octanol–water partition coefficient (Wildman–Crippen LogP) is 3.65. The Labute approximate surface area is 322 Å². The lowest BCUT2D eigenvalue weighted by Gasteiger charge is -2.42. The Kier molecular flexibility index (Phi) is 16.9. The molecule has 1 aliphatic heterocycles. The smallest absolute Gasteiger partial charge is 0.308 e. The molecule has 3 heterocycles. The van der Waals surface area contributed by atoms with Gasteiger partial charge in [-0.3, -0.25) is 38.8 Å². The summed E-state index contributed by atoms with van der Waals surface area (Å²) < 4.78 is 48.0. The molecule has 0 spiro atoms. The Morgan fingerprint density at radius 3 is 1.98 bits per heavy atom. The number of carbonyl (C=O) groups excluding carboxylic acids is 4. The van der Waals surface area contributed by atoms with Crippen molar-refractivity contribution in [2.75, 3.05) is 58.7 Å². The van der Waals surface area contributed by atoms with Crippen molar-refractivity contribution < 1.29 is 56.8 Å². The second-order valence-corrected chi connectivity index (χ2v) is 20.2. The van der Waals surface area contributed by atoms with Gasteiger partial charge in [-0.2, -0.15) is 4.98 Å². The fourth-order valence-electron chi connectivity index (χ4n) is 7.22. The first-order chi connectivity index (χ1) is 25.9. The van der Waals surface area contributed by atoms with E-state index in [9.17, 15) is 24.0 Å². The summed E-state index contributed by atoms with van der Waals surface area (Å²) in [7, 11) is -0.795. The zero-order valence-electron chi connectivity index (χ0n) is 33.9. The normalized spacial score (nSPS) is 20.2. The second kappa shape index (κ2) is 20.4. The summed E-state index contributed by atoms with van der Waals surface area (Å²) in [6, 6.07) is 0. The molecule has 4 atom stereocenters. The summed E-state index contributed by atoms with van der Waals surface area (Å²) in [5.74, 6) is -3.24. The molecule has 0 bridgehead atoms. The second-order valence-electron chi connectivity index (χ2n) is 14.8. The van der Waals surface area contributed by atoms with E-state index in [1.807, 2.05) is 0 Å². The van der Waals surface area contributed by atoms with Gasteiger partial charge < -0.3 is 37.6 Å². The SMILES string of the molecule is COC(=O)C[C@]1(COCCOCCOCCO[Si](C(C)C)(C(C)C)C(C)C)O[C@@H](n2cnc3c(=O)[nH]c(NC(=O)C(C)C)nc32)[C@H](OC(C)=O)[C@@H]1OC(C)=O. The lowest BCUT2D eigenvalue weighted by atomic mass is 9.91. The molecule has 3 rings (SSSR count). The Hall–Kier alpha value is -3.75. The van der Waals surface area contributed by atoms with Crippen LogP contribution in [0.1, 0.15) is 81.9 Å². The number of methoxy groups -OCH3 is 1. The number of fused-ring (bicyclic) bond motifs is 1. The summed E-state index contributed by atoms with van der Waals surface area (Å²) in [6.45, 7) is 20.5. The number of H-pyrrole nitrogens is 1. The molecule has 0 aromatic carbocycles. The van der Waals surface area contributed by atoms with Crippen molar-refractivity contribution in [2.24, 2.45) is 5.92 Å². The van der Waals surface area contributed by atoms with Gasteiger partial charge in [0.05, 0.1) is 66.1 Å². The molecular formula is C36H59N5O13Si. The van der Waals surface area contributed by atoms with E-state index in [1.54, 1.807) is 13.8 Å². The molecule has 2 aromatic heterocycles. The van der Waals surface area contributed by atoms with Gasteiger partial charge in [-0.25, -0.2) is 4.98 Å². The molecule has 1 aliphatic rings. The number of esters is 3. The van der Waals surface area contributed by atoms with Gasteiger partial charge >= 0.3 is 17.9 Å². The van der Waals surface area contributed by atoms with Crippen molar-refractivity contribution in [1.29, 1.82) is 0 Å². The number of rotatable bonds is 22. The van der Waals surface area contributed by atoms with Gasteiger partial charge in [0, 0.05) is 19.8 Å². The third-order valence-electron chi connectivity index (χ3n) is 9.57. The Bertz CT molecular complexity index is 1640. The van der Waals surface area contributed by atoms with E-state index in [2.05, 4.69) is 61.8 Å². The summed E-state index contributed by atoms with van der Waals surface area (Å²) in [4.78, 5) is 74.1. The molecule has 0 aliphatic carbocycles. The van der Waals surface area contributed by atoms with Gasteiger partial charge in [0.15, 0.2) is 37.9 Å². The fourth-order valence-corrected chi connectivity index (χ4v) is 12.7. The number of carbonyl (C=O) groups is 4. The maximum atomic E-state index is 13.0. The highest BCUT2D eigenvalue weighted by Gasteiger charge is 2.61. The van der Waals surface area contributed by atoms with Gasteiger partial charge in [-0.15, -0.1) is 0 Å². The summed E-state index contributed by atoms with van der Waals surface area (Å²) in [5, 5.41) is 2.54. The van der Waals surface area contributed by atoms with Crippen LogP contribution in [-0.4, -0.2) is 123 Å². The van der Waals surface area contributed by atoms with Crippen LogP contribution in [0.5, 0.6) is 0 Å². The largest absolute Gasteiger partial charge is 0.469 e. The molecule has 19 heteroatoms. The first-order valence-electron chi connectivity index (χ1n) is 18.6. The molecule has 1 saturated heterocycles. The van der Waals surface area contributed by atoms with Gasteiger partial charge in [0.25, 0.3) is 5.56 Å². The van der Waals surface area contributed by atoms with Crippen LogP contribution in [0.2, 0.25) is 16.6 Å². The first kappa shape index (κ1) is 45.6. The highest BCUT2D eigenvalue weighted by molar-refractivity contribution is 6.77. The van der Waals surface area contributed by atoms with Crippen molar-refractivity contribution in [3.8, 4) is 0 Å². The van der Waals surface area contributed by atoms with Crippen LogP contribution in [0.15, 0.2) is 11.1 Å². The van der Waals surface area contributed by atoms with E-state index in [4.69, 9.17) is 37.6 Å². The number of aromatic nitrogens is 4. The van der Waals surface area contributed by atoms with Crippen molar-refractivity contribution in [3.63, 3.8) is 0 Å². The zero-order valence-corrected chi connectivity index (χ0v) is 34.9. The molecule has 2 N–H and O–H groups in total. The molecule has 0 unspecified atom stereocenters. The highest BCUT2D eigenvalue weighted by Crippen LogP contribution is 2.45. The Morgan fingerprint density at radius 2 is 1.45 bits per heavy atom. The molecular weight excluding hydrogens is 739 g/mol. The number of aromatic amines is 1. The van der Waals surface area contributed by atoms with Crippen LogP contribution in [0.4, 0.5) is 5.95 Å². The monoisotopic (exact) mass is 797 g/mol. The topological polar surface area (TPSA) is 218 Å². The van der Waals surface area contributed by atoms with E-state index < -0.39 is 74.1 Å². The quantitative estimate of drug-likeness (QED) is 0.0752. The molecule has 2 aromatic rings. The Morgan fingerprint density at radius 1 is 0.891 bits per heavy atom. The molecule has 310 valence electrons. The van der Waals surface area contributed by atoms with E-state index in [0.717, 1.165) is 13.8 Å². The predicted molar refractivity (Wildman–Crippen MR) is 202 cm³/mol. The first-order valence-corrected chi connectivity index (χ1v) is 20.8. The lowest BCUT2D eigenvalue weighted by molar-refractivity contribution is -0.182. The molecule has 18 nitrogen and oxygen atoms in total. The van der Waals surface area contributed by atoms with Crippen molar-refractivity contribution in [3.05, 3.63) is 16.7 Å². The van der Waals surface area contributed by atoms with Crippen LogP contribution in [0.25, 0.3) is 11.2 Å². The van der Waals surface area contributed by atoms with E-state index in [0.29, 0.717) is 43.1 Å². The summed E-state index contributed by atoms with van der Waals surface area (Å²) in [6.07, 6.45) is -3.40. The van der Waals surface area contributed by atoms with Crippen LogP contribution in [0.3, 0.4) is 0 Å². The number of hydrogen-bond acceptors (Lipinski definition) is 15. The van der Waals surface area contributed by atoms with E-state index in [-0.39, 0.29) is 36.9 Å². The molecule has 1 fully saturated rings. The van der Waals surface area contributed by atoms with Gasteiger partial charge in [0.1, 0.15) is 5.60 Å². The van der Waals surface area contributed by atoms with Gasteiger partial charge in [-0.05, 0) is 16.6 Å². The maximum Gasteiger partial charge on any atom is 0.308 e. The van der Waals surface area contributed by atoms with Gasteiger partial charge in [0.2, 0.25) is 11.9 Å². The maximum absolute atomic E-state index is 13.0. The Balaban J connectivity index is 1.76. The molecule has 1 amide bonds. The minimum Gasteiger partial charge on any atom is -0.469 e. The average Bonchev–Trinajstić information content (AvgIpc) is 3.63. The molecule has 55 heavy (non-hydrogen) atoms. The third-order valence-corrected chi connectivity index (χ3v) is 15.7. The number of amides is 1. The van der Waals surface area contributed by atoms with E-state index >= 15 is 0 Å². The standard InChI is InChI=1S/C36H59N5O13Si/c1-21(2)32(45)39-35-38-31-28(33(46)40-35)37-20-41(31)34-29(52-25(9)42)30(53-26(10)43)36(54-34,18-27(44)47-11)19-50-15-14-48-12-13-49-16-17-51-55(22(3)4,23(5)6)24(7)8/h20-24,29-30,34H,12-19H2,1-11H3,(H2,38,39,40,45,46)/t29-,30+,34-,36-/m1/s1. The third kappa shape index (κ3) is 11.4. The molecule has 0 radical (unpaired) electrons. The van der Waals surface area contributed by atoms with Crippen LogP contribution in [-0.2, 0) is 56.8 Å². The highest BCUT2D eigenvalue weighted by atomic mass is 28.4. The fraction of sp³-hybridized carbons (Fsp3) is 0.750. The number of ether oxygens (including phenoxy) is 7. The number of nitrogens with zero attached hydrogens (tertiary/aromatic N) is 3. The zero-order chi connectivity index (χ0) is 41.1. The van der Waals surface area contributed by atoms with Crippen LogP contribution >= 0.6 is 0 Å². The van der Waals surface area contributed by atoms with Crippen LogP contribution in [0, 0.1) is 5.92 Å². The lowest BCUT2D eigenvalue weighted by Crippen LogP contribution is -2.51. The van der Waals surface area contributed by atoms with Gasteiger partial charge in [-0.1, -0.05) is 55.4 Å². The van der Waals surface area contributed by atoms with Crippen molar-refractivity contribution >= 4 is 49.2 Å². The number of anilines is 1. The minimum atomic E-state index is -1.98. The van der Waals surface area contributed by atoms with Crippen LogP contribution < -0.4 is 10.9 Å². The number of nitrogens with one attached hydrogen (secondary N) is 2. The molecule has 0 saturated carbocycles. The average molecular weight is 798 g/mol. The minimum absolute atomic E-state index is 0.0419. The summed E-state index contributed by atoms with van der Waals surface area (Å²) >= 11 is 0. The summed E-state index contributed by atoms with van der Waals surface area (Å²) in [5.41, 5.74) is -1.17. The number of imidazole rings is 1. The number of hydrogen-bond donors (Lipinski definition) is 2. The van der Waals surface area contributed by atoms with Crippen molar-refractivity contribution in [1.82, 2.24) is 19.5 Å². The van der Waals surface area contributed by atoms with E-state index in [1.165, 1.54) is 18.0 Å².